The molecule has 0 fully saturated rings. The molecule has 0 bridgehead atoms. The van der Waals surface area contributed by atoms with Crippen LogP contribution in [0.3, 0.4) is 0 Å². The number of thiophene rings is 1. The van der Waals surface area contributed by atoms with Gasteiger partial charge in [0.15, 0.2) is 5.76 Å². The zero-order valence-electron chi connectivity index (χ0n) is 17.4. The normalized spacial score (nSPS) is 13.0. The van der Waals surface area contributed by atoms with Crippen LogP contribution in [0, 0.1) is 0 Å². The van der Waals surface area contributed by atoms with Crippen molar-refractivity contribution in [3.8, 4) is 5.75 Å². The molecule has 0 aliphatic heterocycles. The Kier molecular flexibility index (Phi) is 5.41. The van der Waals surface area contributed by atoms with Gasteiger partial charge in [-0.3, -0.25) is 9.59 Å². The highest BCUT2D eigenvalue weighted by atomic mass is 32.1. The number of fused-ring (bicyclic) bond motifs is 2. The van der Waals surface area contributed by atoms with Crippen LogP contribution in [0.4, 0.5) is 5.00 Å². The predicted molar refractivity (Wildman–Crippen MR) is 124 cm³/mol. The van der Waals surface area contributed by atoms with Crippen LogP contribution in [0.25, 0.3) is 10.8 Å². The van der Waals surface area contributed by atoms with Gasteiger partial charge in [0.25, 0.3) is 11.8 Å². The van der Waals surface area contributed by atoms with Crippen molar-refractivity contribution in [1.29, 1.82) is 0 Å². The molecule has 0 radical (unpaired) electrons. The van der Waals surface area contributed by atoms with Crippen molar-refractivity contribution < 1.29 is 18.7 Å². The zero-order chi connectivity index (χ0) is 22.1. The lowest BCUT2D eigenvalue weighted by Gasteiger charge is -2.11. The van der Waals surface area contributed by atoms with Gasteiger partial charge in [-0.2, -0.15) is 0 Å². The van der Waals surface area contributed by atoms with Crippen LogP contribution < -0.4 is 15.8 Å². The summed E-state index contributed by atoms with van der Waals surface area (Å²) in [4.78, 5) is 25.9. The summed E-state index contributed by atoms with van der Waals surface area (Å²) in [5.74, 6) is 0.487. The predicted octanol–water partition coefficient (Wildman–Crippen LogP) is 5.30. The number of carbonyl (C=O) groups excluding carboxylic acids is 2. The third-order valence-corrected chi connectivity index (χ3v) is 6.84. The maximum Gasteiger partial charge on any atom is 0.291 e. The van der Waals surface area contributed by atoms with E-state index in [2.05, 4.69) is 5.32 Å². The van der Waals surface area contributed by atoms with Gasteiger partial charge in [-0.25, -0.2) is 0 Å². The first-order valence-corrected chi connectivity index (χ1v) is 11.4. The molecule has 1 aliphatic carbocycles. The van der Waals surface area contributed by atoms with E-state index in [4.69, 9.17) is 14.9 Å². The minimum absolute atomic E-state index is 0.156. The van der Waals surface area contributed by atoms with Crippen LogP contribution in [0.2, 0.25) is 0 Å². The summed E-state index contributed by atoms with van der Waals surface area (Å²) in [6.07, 6.45) is 3.83. The summed E-state index contributed by atoms with van der Waals surface area (Å²) in [5.41, 5.74) is 7.02. The minimum Gasteiger partial charge on any atom is -0.486 e. The van der Waals surface area contributed by atoms with Crippen LogP contribution in [0.5, 0.6) is 5.75 Å². The molecular formula is C25H22N2O4S. The van der Waals surface area contributed by atoms with E-state index >= 15 is 0 Å². The quantitative estimate of drug-likeness (QED) is 0.420. The Morgan fingerprint density at radius 1 is 1.03 bits per heavy atom. The maximum atomic E-state index is 12.7. The number of anilines is 1. The molecule has 4 aromatic rings. The Morgan fingerprint density at radius 2 is 1.84 bits per heavy atom. The summed E-state index contributed by atoms with van der Waals surface area (Å²) in [7, 11) is 0. The molecule has 32 heavy (non-hydrogen) atoms. The summed E-state index contributed by atoms with van der Waals surface area (Å²) >= 11 is 1.43. The van der Waals surface area contributed by atoms with E-state index in [-0.39, 0.29) is 12.4 Å². The SMILES string of the molecule is NC(=O)c1c(NC(=O)c2ccc(COc3ccc4ccccc4c3)o2)sc2c1CCCC2. The van der Waals surface area contributed by atoms with Crippen LogP contribution in [0.15, 0.2) is 59.0 Å². The number of amides is 2. The molecule has 0 saturated carbocycles. The molecule has 6 nitrogen and oxygen atoms in total. The Morgan fingerprint density at radius 3 is 2.69 bits per heavy atom. The molecule has 7 heteroatoms. The molecule has 0 spiro atoms. The van der Waals surface area contributed by atoms with Gasteiger partial charge in [0, 0.05) is 4.88 Å². The topological polar surface area (TPSA) is 94.6 Å². The summed E-state index contributed by atoms with van der Waals surface area (Å²) < 4.78 is 11.5. The number of hydrogen-bond donors (Lipinski definition) is 2. The van der Waals surface area contributed by atoms with Crippen LogP contribution in [-0.4, -0.2) is 11.8 Å². The van der Waals surface area contributed by atoms with Gasteiger partial charge in [0.1, 0.15) is 23.1 Å². The number of hydrogen-bond acceptors (Lipinski definition) is 5. The fraction of sp³-hybridized carbons (Fsp3) is 0.200. The summed E-state index contributed by atoms with van der Waals surface area (Å²) in [6.45, 7) is 0.200. The number of aryl methyl sites for hydroxylation is 1. The second-order valence-corrected chi connectivity index (χ2v) is 8.90. The first-order chi connectivity index (χ1) is 15.6. The second kappa shape index (κ2) is 8.51. The van der Waals surface area contributed by atoms with Gasteiger partial charge in [-0.1, -0.05) is 30.3 Å². The summed E-state index contributed by atoms with van der Waals surface area (Å²) in [6, 6.07) is 17.2. The van der Waals surface area contributed by atoms with Crippen LogP contribution in [-0.2, 0) is 19.4 Å². The van der Waals surface area contributed by atoms with Crippen molar-refractivity contribution in [3.63, 3.8) is 0 Å². The van der Waals surface area contributed by atoms with E-state index in [1.165, 1.54) is 11.3 Å². The first-order valence-electron chi connectivity index (χ1n) is 10.5. The number of nitrogens with one attached hydrogen (secondary N) is 1. The van der Waals surface area contributed by atoms with Crippen molar-refractivity contribution in [2.75, 3.05) is 5.32 Å². The molecule has 162 valence electrons. The Bertz CT molecular complexity index is 1320. The molecule has 2 aromatic heterocycles. The van der Waals surface area contributed by atoms with Gasteiger partial charge in [-0.05, 0) is 66.3 Å². The lowest BCUT2D eigenvalue weighted by molar-refractivity contribution is 0.0993. The minimum atomic E-state index is -0.511. The lowest BCUT2D eigenvalue weighted by atomic mass is 9.95. The largest absolute Gasteiger partial charge is 0.486 e. The molecule has 2 amide bonds. The first kappa shape index (κ1) is 20.3. The molecule has 2 heterocycles. The fourth-order valence-corrected chi connectivity index (χ4v) is 5.36. The van der Waals surface area contributed by atoms with Crippen LogP contribution in [0.1, 0.15) is 50.0 Å². The van der Waals surface area contributed by atoms with Crippen molar-refractivity contribution in [2.45, 2.75) is 32.3 Å². The lowest BCUT2D eigenvalue weighted by Crippen LogP contribution is -2.18. The van der Waals surface area contributed by atoms with Gasteiger partial charge >= 0.3 is 0 Å². The van der Waals surface area contributed by atoms with Gasteiger partial charge in [0.05, 0.1) is 5.56 Å². The Hall–Kier alpha value is -3.58. The van der Waals surface area contributed by atoms with E-state index in [9.17, 15) is 9.59 Å². The molecule has 0 atom stereocenters. The van der Waals surface area contributed by atoms with E-state index in [1.54, 1.807) is 12.1 Å². The Labute approximate surface area is 189 Å². The third-order valence-electron chi connectivity index (χ3n) is 5.63. The molecule has 3 N–H and O–H groups in total. The van der Waals surface area contributed by atoms with Gasteiger partial charge in [0.2, 0.25) is 0 Å². The zero-order valence-corrected chi connectivity index (χ0v) is 18.2. The number of primary amides is 1. The van der Waals surface area contributed by atoms with E-state index < -0.39 is 11.8 Å². The van der Waals surface area contributed by atoms with Gasteiger partial charge < -0.3 is 20.2 Å². The number of furan rings is 1. The maximum absolute atomic E-state index is 12.7. The molecule has 5 rings (SSSR count). The standard InChI is InChI=1S/C25H22N2O4S/c26-23(28)22-19-7-3-4-8-21(19)32-25(22)27-24(29)20-12-11-18(31-20)14-30-17-10-9-15-5-1-2-6-16(15)13-17/h1-2,5-6,9-13H,3-4,7-8,14H2,(H2,26,28)(H,27,29). The monoisotopic (exact) mass is 446 g/mol. The molecule has 0 unspecified atom stereocenters. The summed E-state index contributed by atoms with van der Waals surface area (Å²) in [5, 5.41) is 5.55. The molecule has 1 aliphatic rings. The number of carbonyl (C=O) groups is 2. The van der Waals surface area contributed by atoms with Crippen molar-refractivity contribution >= 4 is 38.9 Å². The highest BCUT2D eigenvalue weighted by Crippen LogP contribution is 2.38. The third kappa shape index (κ3) is 3.99. The van der Waals surface area contributed by atoms with E-state index in [1.807, 2.05) is 42.5 Å². The molecular weight excluding hydrogens is 424 g/mol. The highest BCUT2D eigenvalue weighted by molar-refractivity contribution is 7.17. The molecule has 0 saturated heterocycles. The number of nitrogens with two attached hydrogens (primary N) is 1. The fourth-order valence-electron chi connectivity index (χ4n) is 4.07. The average molecular weight is 447 g/mol. The Balaban J connectivity index is 1.28. The second-order valence-electron chi connectivity index (χ2n) is 7.80. The molecule has 2 aromatic carbocycles. The highest BCUT2D eigenvalue weighted by Gasteiger charge is 2.25. The average Bonchev–Trinajstić information content (AvgIpc) is 3.42. The van der Waals surface area contributed by atoms with Gasteiger partial charge in [-0.15, -0.1) is 11.3 Å². The number of benzene rings is 2. The van der Waals surface area contributed by atoms with E-state index in [0.29, 0.717) is 16.3 Å². The van der Waals surface area contributed by atoms with E-state index in [0.717, 1.165) is 52.6 Å². The van der Waals surface area contributed by atoms with Crippen molar-refractivity contribution in [2.24, 2.45) is 5.73 Å². The van der Waals surface area contributed by atoms with Crippen molar-refractivity contribution in [3.05, 3.63) is 82.1 Å². The number of rotatable bonds is 6. The smallest absolute Gasteiger partial charge is 0.291 e. The number of ether oxygens (including phenoxy) is 1. The van der Waals surface area contributed by atoms with Crippen molar-refractivity contribution in [1.82, 2.24) is 0 Å². The van der Waals surface area contributed by atoms with Crippen LogP contribution >= 0.6 is 11.3 Å².